The number of amides is 1. The van der Waals surface area contributed by atoms with E-state index in [1.807, 2.05) is 0 Å². The molecule has 1 N–H and O–H groups in total. The molecule has 4 rings (SSSR count). The van der Waals surface area contributed by atoms with Gasteiger partial charge in [-0.1, -0.05) is 0 Å². The fraction of sp³-hybridized carbons (Fsp3) is 0.0952. The maximum Gasteiger partial charge on any atom is 0.573 e. The van der Waals surface area contributed by atoms with Gasteiger partial charge in [-0.2, -0.15) is 5.10 Å². The third kappa shape index (κ3) is 5.10. The highest BCUT2D eigenvalue weighted by molar-refractivity contribution is 5.94. The van der Waals surface area contributed by atoms with Crippen molar-refractivity contribution in [2.24, 2.45) is 0 Å². The van der Waals surface area contributed by atoms with Crippen LogP contribution in [0.25, 0.3) is 16.9 Å². The van der Waals surface area contributed by atoms with Crippen molar-refractivity contribution in [2.75, 3.05) is 0 Å². The number of nitrogens with one attached hydrogen (secondary N) is 1. The van der Waals surface area contributed by atoms with Gasteiger partial charge < -0.3 is 14.5 Å². The van der Waals surface area contributed by atoms with Gasteiger partial charge in [-0.3, -0.25) is 9.78 Å². The summed E-state index contributed by atoms with van der Waals surface area (Å²) in [4.78, 5) is 16.5. The zero-order valence-corrected chi connectivity index (χ0v) is 15.8. The molecule has 31 heavy (non-hydrogen) atoms. The quantitative estimate of drug-likeness (QED) is 0.494. The highest BCUT2D eigenvalue weighted by atomic mass is 19.4. The molecule has 0 unspecified atom stereocenters. The molecule has 7 nitrogen and oxygen atoms in total. The van der Waals surface area contributed by atoms with Crippen LogP contribution in [0.1, 0.15) is 16.1 Å². The average molecular weight is 428 g/mol. The van der Waals surface area contributed by atoms with Crippen LogP contribution >= 0.6 is 0 Å². The van der Waals surface area contributed by atoms with E-state index in [0.717, 1.165) is 0 Å². The van der Waals surface area contributed by atoms with Crippen LogP contribution in [-0.4, -0.2) is 27.0 Å². The van der Waals surface area contributed by atoms with Crippen molar-refractivity contribution in [3.63, 3.8) is 0 Å². The van der Waals surface area contributed by atoms with Crippen molar-refractivity contribution in [3.05, 3.63) is 84.7 Å². The normalized spacial score (nSPS) is 11.3. The lowest BCUT2D eigenvalue weighted by atomic mass is 10.2. The number of rotatable bonds is 6. The third-order valence-electron chi connectivity index (χ3n) is 4.24. The Morgan fingerprint density at radius 3 is 2.55 bits per heavy atom. The standard InChI is InChI=1S/C21H15F3N4O3/c22-21(23,24)31-17-6-4-16(5-7-17)28-13-15(11-27-28)19-8-3-14(10-25-19)20(29)26-12-18-2-1-9-30-18/h1-11,13H,12H2,(H,26,29). The number of hydrogen-bond acceptors (Lipinski definition) is 5. The second kappa shape index (κ2) is 8.34. The van der Waals surface area contributed by atoms with Gasteiger partial charge in [0.05, 0.1) is 35.9 Å². The summed E-state index contributed by atoms with van der Waals surface area (Å²) >= 11 is 0. The zero-order chi connectivity index (χ0) is 21.8. The second-order valence-corrected chi connectivity index (χ2v) is 6.41. The summed E-state index contributed by atoms with van der Waals surface area (Å²) in [5.74, 6) is 0.0434. The number of alkyl halides is 3. The summed E-state index contributed by atoms with van der Waals surface area (Å²) < 4.78 is 47.3. The van der Waals surface area contributed by atoms with E-state index < -0.39 is 6.36 Å². The molecule has 10 heteroatoms. The van der Waals surface area contributed by atoms with Crippen molar-refractivity contribution in [2.45, 2.75) is 12.9 Å². The number of benzene rings is 1. The zero-order valence-electron chi connectivity index (χ0n) is 15.8. The molecule has 0 aliphatic carbocycles. The summed E-state index contributed by atoms with van der Waals surface area (Å²) in [6.07, 6.45) is 1.49. The van der Waals surface area contributed by atoms with Gasteiger partial charge in [0.2, 0.25) is 0 Å². The Morgan fingerprint density at radius 1 is 1.10 bits per heavy atom. The van der Waals surface area contributed by atoms with Crippen LogP contribution in [0.2, 0.25) is 0 Å². The highest BCUT2D eigenvalue weighted by Gasteiger charge is 2.31. The molecule has 4 aromatic rings. The van der Waals surface area contributed by atoms with Crippen LogP contribution in [-0.2, 0) is 6.54 Å². The summed E-state index contributed by atoms with van der Waals surface area (Å²) in [6, 6.07) is 12.1. The Labute approximate surface area is 174 Å². The minimum atomic E-state index is -4.74. The van der Waals surface area contributed by atoms with Crippen LogP contribution in [0.3, 0.4) is 0 Å². The molecule has 0 saturated carbocycles. The number of carbonyl (C=O) groups is 1. The second-order valence-electron chi connectivity index (χ2n) is 6.41. The topological polar surface area (TPSA) is 82.2 Å². The fourth-order valence-corrected chi connectivity index (χ4v) is 2.78. The van der Waals surface area contributed by atoms with Crippen LogP contribution in [0.4, 0.5) is 13.2 Å². The number of ether oxygens (including phenoxy) is 1. The molecule has 1 amide bonds. The van der Waals surface area contributed by atoms with E-state index in [1.165, 1.54) is 41.4 Å². The van der Waals surface area contributed by atoms with Crippen molar-refractivity contribution in [1.82, 2.24) is 20.1 Å². The molecule has 0 saturated heterocycles. The van der Waals surface area contributed by atoms with Crippen molar-refractivity contribution in [1.29, 1.82) is 0 Å². The molecule has 0 bridgehead atoms. The molecule has 0 radical (unpaired) electrons. The van der Waals surface area contributed by atoms with E-state index in [4.69, 9.17) is 4.42 Å². The molecule has 0 spiro atoms. The smallest absolute Gasteiger partial charge is 0.467 e. The summed E-state index contributed by atoms with van der Waals surface area (Å²) in [7, 11) is 0. The number of carbonyl (C=O) groups excluding carboxylic acids is 1. The van der Waals surface area contributed by atoms with Crippen LogP contribution in [0.5, 0.6) is 5.75 Å². The Hall–Kier alpha value is -4.08. The average Bonchev–Trinajstić information content (AvgIpc) is 3.44. The lowest BCUT2D eigenvalue weighted by molar-refractivity contribution is -0.274. The number of halogens is 3. The first-order chi connectivity index (χ1) is 14.9. The van der Waals surface area contributed by atoms with E-state index in [1.54, 1.807) is 36.7 Å². The third-order valence-corrected chi connectivity index (χ3v) is 4.24. The first-order valence-corrected chi connectivity index (χ1v) is 9.05. The van der Waals surface area contributed by atoms with Gasteiger partial charge in [0.15, 0.2) is 0 Å². The summed E-state index contributed by atoms with van der Waals surface area (Å²) in [6.45, 7) is 0.271. The predicted molar refractivity (Wildman–Crippen MR) is 103 cm³/mol. The number of aromatic nitrogens is 3. The van der Waals surface area contributed by atoms with Crippen molar-refractivity contribution in [3.8, 4) is 22.7 Å². The highest BCUT2D eigenvalue weighted by Crippen LogP contribution is 2.24. The Morgan fingerprint density at radius 2 is 1.90 bits per heavy atom. The lowest BCUT2D eigenvalue weighted by Gasteiger charge is -2.09. The van der Waals surface area contributed by atoms with E-state index in [0.29, 0.717) is 28.3 Å². The maximum atomic E-state index is 12.3. The largest absolute Gasteiger partial charge is 0.573 e. The molecule has 3 heterocycles. The maximum absolute atomic E-state index is 12.3. The van der Waals surface area contributed by atoms with Gasteiger partial charge in [0.1, 0.15) is 11.5 Å². The molecule has 1 aromatic carbocycles. The van der Waals surface area contributed by atoms with Gasteiger partial charge in [0, 0.05) is 18.0 Å². The Bertz CT molecular complexity index is 1150. The minimum Gasteiger partial charge on any atom is -0.467 e. The van der Waals surface area contributed by atoms with Crippen molar-refractivity contribution >= 4 is 5.91 Å². The van der Waals surface area contributed by atoms with E-state index in [-0.39, 0.29) is 18.2 Å². The lowest BCUT2D eigenvalue weighted by Crippen LogP contribution is -2.22. The molecule has 3 aromatic heterocycles. The number of pyridine rings is 1. The van der Waals surface area contributed by atoms with Gasteiger partial charge in [-0.25, -0.2) is 4.68 Å². The molecule has 0 aliphatic rings. The first-order valence-electron chi connectivity index (χ1n) is 9.05. The van der Waals surface area contributed by atoms with E-state index in [9.17, 15) is 18.0 Å². The SMILES string of the molecule is O=C(NCc1ccco1)c1ccc(-c2cnn(-c3ccc(OC(F)(F)F)cc3)c2)nc1. The molecular weight excluding hydrogens is 413 g/mol. The minimum absolute atomic E-state index is 0.271. The number of furan rings is 1. The Balaban J connectivity index is 1.42. The monoisotopic (exact) mass is 428 g/mol. The van der Waals surface area contributed by atoms with Gasteiger partial charge in [0.25, 0.3) is 5.91 Å². The van der Waals surface area contributed by atoms with Gasteiger partial charge >= 0.3 is 6.36 Å². The summed E-state index contributed by atoms with van der Waals surface area (Å²) in [5.41, 5.74) is 2.21. The van der Waals surface area contributed by atoms with Crippen LogP contribution < -0.4 is 10.1 Å². The predicted octanol–water partition coefficient (Wildman–Crippen LogP) is 4.36. The summed E-state index contributed by atoms with van der Waals surface area (Å²) in [5, 5.41) is 6.94. The number of hydrogen-bond donors (Lipinski definition) is 1. The van der Waals surface area contributed by atoms with Gasteiger partial charge in [-0.15, -0.1) is 13.2 Å². The Kier molecular flexibility index (Phi) is 5.44. The molecule has 0 fully saturated rings. The fourth-order valence-electron chi connectivity index (χ4n) is 2.78. The first kappa shape index (κ1) is 20.2. The van der Waals surface area contributed by atoms with Crippen LogP contribution in [0, 0.1) is 0 Å². The molecule has 158 valence electrons. The molecule has 0 aliphatic heterocycles. The number of nitrogens with zero attached hydrogens (tertiary/aromatic N) is 3. The van der Waals surface area contributed by atoms with Crippen molar-refractivity contribution < 1.29 is 27.1 Å². The van der Waals surface area contributed by atoms with Crippen LogP contribution in [0.15, 0.2) is 77.8 Å². The van der Waals surface area contributed by atoms with E-state index >= 15 is 0 Å². The molecular formula is C21H15F3N4O3. The van der Waals surface area contributed by atoms with Gasteiger partial charge in [-0.05, 0) is 48.5 Å². The van der Waals surface area contributed by atoms with E-state index in [2.05, 4.69) is 20.1 Å². The molecule has 0 atom stereocenters.